The normalized spacial score (nSPS) is 18.3. The first-order valence-corrected chi connectivity index (χ1v) is 11.3. The molecule has 1 fully saturated rings. The molecule has 0 amide bonds. The van der Waals surface area contributed by atoms with Crippen LogP contribution in [-0.2, 0) is 18.0 Å². The van der Waals surface area contributed by atoms with Crippen LogP contribution in [0, 0.1) is 25.5 Å². The zero-order valence-corrected chi connectivity index (χ0v) is 18.6. The molecule has 1 heterocycles. The lowest BCUT2D eigenvalue weighted by atomic mass is 10.1. The van der Waals surface area contributed by atoms with Crippen LogP contribution in [0.5, 0.6) is 5.75 Å². The smallest absolute Gasteiger partial charge is 0.254 e. The molecule has 3 aromatic rings. The molecule has 9 heteroatoms. The van der Waals surface area contributed by atoms with E-state index in [0.29, 0.717) is 23.2 Å². The number of nitrogens with zero attached hydrogens (tertiary/aromatic N) is 1. The maximum absolute atomic E-state index is 14.4. The van der Waals surface area contributed by atoms with E-state index >= 15 is 0 Å². The van der Waals surface area contributed by atoms with E-state index in [9.17, 15) is 22.9 Å². The number of nitrogens with one attached hydrogen (secondary N) is 2. The molecule has 1 aliphatic carbocycles. The first kappa shape index (κ1) is 22.0. The molecule has 6 nitrogen and oxygen atoms in total. The quantitative estimate of drug-likeness (QED) is 0.512. The van der Waals surface area contributed by atoms with Gasteiger partial charge in [0.25, 0.3) is 5.56 Å². The first-order valence-electron chi connectivity index (χ1n) is 10.0. The van der Waals surface area contributed by atoms with Gasteiger partial charge in [-0.1, -0.05) is 12.1 Å². The molecule has 32 heavy (non-hydrogen) atoms. The summed E-state index contributed by atoms with van der Waals surface area (Å²) < 4.78 is 45.0. The molecule has 1 saturated carbocycles. The average Bonchev–Trinajstić information content (AvgIpc) is 3.51. The molecule has 1 aliphatic rings. The zero-order valence-electron chi connectivity index (χ0n) is 17.8. The molecule has 3 N–H and O–H groups in total. The number of rotatable bonds is 6. The summed E-state index contributed by atoms with van der Waals surface area (Å²) in [6, 6.07) is 10.1. The minimum absolute atomic E-state index is 0.162. The van der Waals surface area contributed by atoms with Crippen molar-refractivity contribution in [2.24, 2.45) is 7.05 Å². The highest BCUT2D eigenvalue weighted by Gasteiger charge is 2.45. The SMILES string of the molecule is Cc1ccc(Nc2c(NS(=O)C3CC3c3ccc(F)cc3O)cc(C)c(=O)n2C)c(F)c1. The maximum atomic E-state index is 14.4. The average molecular weight is 460 g/mol. The fraction of sp³-hybridized carbons (Fsp3) is 0.261. The lowest BCUT2D eigenvalue weighted by Gasteiger charge is -2.18. The molecule has 168 valence electrons. The van der Waals surface area contributed by atoms with Crippen LogP contribution >= 0.6 is 0 Å². The second-order valence-corrected chi connectivity index (χ2v) is 9.45. The van der Waals surface area contributed by atoms with Crippen LogP contribution in [0.3, 0.4) is 0 Å². The minimum Gasteiger partial charge on any atom is -0.508 e. The summed E-state index contributed by atoms with van der Waals surface area (Å²) in [5.74, 6) is -1.08. The lowest BCUT2D eigenvalue weighted by Crippen LogP contribution is -2.24. The monoisotopic (exact) mass is 459 g/mol. The van der Waals surface area contributed by atoms with Crippen molar-refractivity contribution in [2.75, 3.05) is 10.0 Å². The summed E-state index contributed by atoms with van der Waals surface area (Å²) >= 11 is 0. The predicted octanol–water partition coefficient (Wildman–Crippen LogP) is 4.36. The van der Waals surface area contributed by atoms with E-state index in [0.717, 1.165) is 11.6 Å². The number of phenols is 1. The van der Waals surface area contributed by atoms with Gasteiger partial charge in [-0.25, -0.2) is 13.0 Å². The van der Waals surface area contributed by atoms with Crippen molar-refractivity contribution >= 4 is 28.2 Å². The van der Waals surface area contributed by atoms with Crippen LogP contribution in [-0.4, -0.2) is 19.1 Å². The molecule has 4 rings (SSSR count). The number of aryl methyl sites for hydroxylation is 2. The van der Waals surface area contributed by atoms with E-state index in [-0.39, 0.29) is 34.0 Å². The minimum atomic E-state index is -1.56. The maximum Gasteiger partial charge on any atom is 0.254 e. The Labute approximate surface area is 186 Å². The number of aromatic nitrogens is 1. The molecule has 0 bridgehead atoms. The Morgan fingerprint density at radius 3 is 2.53 bits per heavy atom. The molecule has 0 saturated heterocycles. The highest BCUT2D eigenvalue weighted by molar-refractivity contribution is 7.87. The number of halogens is 2. The largest absolute Gasteiger partial charge is 0.508 e. The Bertz CT molecular complexity index is 1290. The molecule has 1 aromatic heterocycles. The molecular weight excluding hydrogens is 436 g/mol. The molecule has 3 unspecified atom stereocenters. The summed E-state index contributed by atoms with van der Waals surface area (Å²) in [5.41, 5.74) is 2.04. The molecular formula is C23H23F2N3O3S. The third-order valence-corrected chi connectivity index (χ3v) is 7.07. The van der Waals surface area contributed by atoms with E-state index in [2.05, 4.69) is 10.0 Å². The van der Waals surface area contributed by atoms with E-state index < -0.39 is 22.6 Å². The van der Waals surface area contributed by atoms with Gasteiger partial charge >= 0.3 is 0 Å². The number of phenolic OH excluding ortho intramolecular Hbond substituents is 1. The number of hydrogen-bond acceptors (Lipinski definition) is 4. The van der Waals surface area contributed by atoms with Gasteiger partial charge in [0.1, 0.15) is 34.2 Å². The van der Waals surface area contributed by atoms with Gasteiger partial charge in [0, 0.05) is 24.6 Å². The molecule has 0 spiro atoms. The van der Waals surface area contributed by atoms with E-state index in [1.807, 2.05) is 0 Å². The third-order valence-electron chi connectivity index (χ3n) is 5.58. The molecule has 3 atom stereocenters. The highest BCUT2D eigenvalue weighted by Crippen LogP contribution is 2.48. The van der Waals surface area contributed by atoms with Crippen molar-refractivity contribution in [1.82, 2.24) is 4.57 Å². The van der Waals surface area contributed by atoms with Crippen LogP contribution in [0.4, 0.5) is 26.0 Å². The van der Waals surface area contributed by atoms with E-state index in [1.165, 1.54) is 22.8 Å². The summed E-state index contributed by atoms with van der Waals surface area (Å²) in [6.07, 6.45) is 0.554. The number of anilines is 3. The summed E-state index contributed by atoms with van der Waals surface area (Å²) in [7, 11) is -0.0103. The number of hydrogen-bond donors (Lipinski definition) is 3. The molecule has 0 aliphatic heterocycles. The van der Waals surface area contributed by atoms with Gasteiger partial charge in [-0.05, 0) is 55.7 Å². The fourth-order valence-electron chi connectivity index (χ4n) is 3.72. The Morgan fingerprint density at radius 2 is 1.84 bits per heavy atom. The Kier molecular flexibility index (Phi) is 5.77. The van der Waals surface area contributed by atoms with Crippen molar-refractivity contribution in [3.8, 4) is 5.75 Å². The van der Waals surface area contributed by atoms with Crippen LogP contribution < -0.4 is 15.6 Å². The van der Waals surface area contributed by atoms with Gasteiger partial charge in [0.15, 0.2) is 0 Å². The van der Waals surface area contributed by atoms with Crippen LogP contribution in [0.1, 0.15) is 29.0 Å². The van der Waals surface area contributed by atoms with Gasteiger partial charge in [0.05, 0.1) is 16.6 Å². The van der Waals surface area contributed by atoms with Gasteiger partial charge in [-0.2, -0.15) is 0 Å². The molecule has 0 radical (unpaired) electrons. The summed E-state index contributed by atoms with van der Waals surface area (Å²) in [5, 5.41) is 12.6. The van der Waals surface area contributed by atoms with Crippen molar-refractivity contribution in [3.63, 3.8) is 0 Å². The van der Waals surface area contributed by atoms with Gasteiger partial charge in [-0.3, -0.25) is 9.36 Å². The highest BCUT2D eigenvalue weighted by atomic mass is 32.2. The fourth-order valence-corrected chi connectivity index (χ4v) is 5.07. The Hall–Kier alpha value is -3.20. The summed E-state index contributed by atoms with van der Waals surface area (Å²) in [4.78, 5) is 12.5. The van der Waals surface area contributed by atoms with Crippen molar-refractivity contribution in [3.05, 3.63) is 81.1 Å². The van der Waals surface area contributed by atoms with Crippen molar-refractivity contribution < 1.29 is 18.1 Å². The van der Waals surface area contributed by atoms with Crippen LogP contribution in [0.2, 0.25) is 0 Å². The van der Waals surface area contributed by atoms with Gasteiger partial charge in [-0.15, -0.1) is 0 Å². The first-order chi connectivity index (χ1) is 15.2. The number of aromatic hydroxyl groups is 1. The summed E-state index contributed by atoms with van der Waals surface area (Å²) in [6.45, 7) is 3.42. The van der Waals surface area contributed by atoms with Gasteiger partial charge in [0.2, 0.25) is 0 Å². The topological polar surface area (TPSA) is 83.4 Å². The van der Waals surface area contributed by atoms with Crippen molar-refractivity contribution in [2.45, 2.75) is 31.4 Å². The van der Waals surface area contributed by atoms with E-state index in [4.69, 9.17) is 0 Å². The Morgan fingerprint density at radius 1 is 1.09 bits per heavy atom. The molecule has 2 aromatic carbocycles. The number of benzene rings is 2. The van der Waals surface area contributed by atoms with Crippen molar-refractivity contribution in [1.29, 1.82) is 0 Å². The lowest BCUT2D eigenvalue weighted by molar-refractivity contribution is 0.462. The van der Waals surface area contributed by atoms with Crippen LogP contribution in [0.25, 0.3) is 0 Å². The van der Waals surface area contributed by atoms with Gasteiger partial charge < -0.3 is 15.1 Å². The second-order valence-electron chi connectivity index (χ2n) is 8.05. The van der Waals surface area contributed by atoms with Crippen LogP contribution in [0.15, 0.2) is 47.3 Å². The predicted molar refractivity (Wildman–Crippen MR) is 122 cm³/mol. The second kappa shape index (κ2) is 8.38. The third kappa shape index (κ3) is 4.25. The Balaban J connectivity index is 1.61. The van der Waals surface area contributed by atoms with E-state index in [1.54, 1.807) is 39.1 Å². The number of pyridine rings is 1. The standard InChI is InChI=1S/C23H23F2N3O3S/c1-12-4-7-18(17(25)8-12)26-22-19(9-13(2)23(30)28(22)3)27-32(31)21-11-16(21)15-6-5-14(24)10-20(15)29/h4-10,16,21,26-27,29H,11H2,1-3H3. The zero-order chi connectivity index (χ0) is 23.2.